The first-order valence-electron chi connectivity index (χ1n) is 2.80. The summed E-state index contributed by atoms with van der Waals surface area (Å²) in [6.45, 7) is 3.33. The van der Waals surface area contributed by atoms with Crippen LogP contribution >= 0.6 is 0 Å². The molecule has 1 saturated heterocycles. The van der Waals surface area contributed by atoms with Crippen LogP contribution in [0.5, 0.6) is 0 Å². The molecule has 5 nitrogen and oxygen atoms in total. The molecule has 2 N–H and O–H groups in total. The molecule has 0 spiro atoms. The fraction of sp³-hybridized carbons (Fsp3) is 1.00. The normalized spacial score (nSPS) is 18.9. The Morgan fingerprint density at radius 3 is 1.90 bits per heavy atom. The number of hydrogen-bond donors (Lipinski definition) is 1. The van der Waals surface area contributed by atoms with E-state index in [4.69, 9.17) is 19.0 Å². The van der Waals surface area contributed by atoms with E-state index < -0.39 is 11.6 Å². The van der Waals surface area contributed by atoms with Crippen LogP contribution in [0.4, 0.5) is 0 Å². The van der Waals surface area contributed by atoms with Crippen molar-refractivity contribution in [2.24, 2.45) is 5.84 Å². The van der Waals surface area contributed by atoms with E-state index in [1.54, 1.807) is 5.01 Å². The number of ether oxygens (including phenoxy) is 1. The second kappa shape index (κ2) is 6.81. The molecule has 1 aliphatic heterocycles. The fourth-order valence-electron chi connectivity index (χ4n) is 0.577. The van der Waals surface area contributed by atoms with Crippen LogP contribution in [0.1, 0.15) is 0 Å². The van der Waals surface area contributed by atoms with Gasteiger partial charge in [-0.05, 0) is 0 Å². The van der Waals surface area contributed by atoms with Crippen molar-refractivity contribution in [2.45, 2.75) is 0 Å². The first-order valence-corrected chi connectivity index (χ1v) is 3.47. The van der Waals surface area contributed by atoms with Crippen molar-refractivity contribution >= 4 is 11.6 Å². The van der Waals surface area contributed by atoms with Crippen LogP contribution in [0, 0.1) is 0 Å². The van der Waals surface area contributed by atoms with Gasteiger partial charge in [0.1, 0.15) is 0 Å². The van der Waals surface area contributed by atoms with E-state index in [0.717, 1.165) is 26.3 Å². The zero-order valence-corrected chi connectivity index (χ0v) is 6.30. The average molecular weight is 166 g/mol. The summed E-state index contributed by atoms with van der Waals surface area (Å²) < 4.78 is 21.6. The number of morpholine rings is 1. The van der Waals surface area contributed by atoms with Crippen molar-refractivity contribution in [2.75, 3.05) is 26.3 Å². The SMILES string of the molecule is NN1CCOCC1.O=S=O. The summed E-state index contributed by atoms with van der Waals surface area (Å²) >= 11 is -0.750. The van der Waals surface area contributed by atoms with E-state index in [9.17, 15) is 0 Å². The molecular formula is C4H10N2O3S. The summed E-state index contributed by atoms with van der Waals surface area (Å²) in [7, 11) is 0. The predicted octanol–water partition coefficient (Wildman–Crippen LogP) is -1.48. The minimum Gasteiger partial charge on any atom is -0.379 e. The summed E-state index contributed by atoms with van der Waals surface area (Å²) in [5.74, 6) is 5.39. The molecule has 0 amide bonds. The van der Waals surface area contributed by atoms with Gasteiger partial charge in [-0.2, -0.15) is 8.42 Å². The molecule has 0 unspecified atom stereocenters. The minimum atomic E-state index is -0.750. The van der Waals surface area contributed by atoms with Crippen LogP contribution in [-0.4, -0.2) is 39.7 Å². The molecule has 1 fully saturated rings. The lowest BCUT2D eigenvalue weighted by molar-refractivity contribution is 0.0378. The van der Waals surface area contributed by atoms with Gasteiger partial charge in [0.15, 0.2) is 0 Å². The van der Waals surface area contributed by atoms with E-state index in [1.165, 1.54) is 0 Å². The van der Waals surface area contributed by atoms with Gasteiger partial charge in [-0.3, -0.25) is 5.84 Å². The Hall–Kier alpha value is -0.300. The molecule has 0 aromatic carbocycles. The van der Waals surface area contributed by atoms with E-state index in [2.05, 4.69) is 0 Å². The fourth-order valence-corrected chi connectivity index (χ4v) is 0.577. The third kappa shape index (κ3) is 5.83. The van der Waals surface area contributed by atoms with Crippen molar-refractivity contribution in [1.29, 1.82) is 0 Å². The molecule has 0 bridgehead atoms. The number of hydrazine groups is 1. The number of rotatable bonds is 0. The molecule has 0 aromatic rings. The number of hydrogen-bond acceptors (Lipinski definition) is 5. The lowest BCUT2D eigenvalue weighted by Gasteiger charge is -2.20. The lowest BCUT2D eigenvalue weighted by atomic mass is 10.5. The van der Waals surface area contributed by atoms with Gasteiger partial charge < -0.3 is 4.74 Å². The Morgan fingerprint density at radius 1 is 1.30 bits per heavy atom. The van der Waals surface area contributed by atoms with Crippen LogP contribution in [0.25, 0.3) is 0 Å². The van der Waals surface area contributed by atoms with E-state index in [-0.39, 0.29) is 0 Å². The summed E-state index contributed by atoms with van der Waals surface area (Å²) in [5, 5.41) is 1.77. The standard InChI is InChI=1S/C4H10N2O.O2S/c5-6-1-3-7-4-2-6;1-3-2/h1-5H2;. The molecule has 1 rings (SSSR count). The molecule has 1 aliphatic rings. The van der Waals surface area contributed by atoms with Crippen LogP contribution in [0.15, 0.2) is 0 Å². The molecular weight excluding hydrogens is 156 g/mol. The van der Waals surface area contributed by atoms with Crippen LogP contribution < -0.4 is 5.84 Å². The lowest BCUT2D eigenvalue weighted by Crippen LogP contribution is -2.41. The van der Waals surface area contributed by atoms with Gasteiger partial charge in [-0.1, -0.05) is 0 Å². The van der Waals surface area contributed by atoms with Gasteiger partial charge in [-0.25, -0.2) is 5.01 Å². The van der Waals surface area contributed by atoms with E-state index in [0.29, 0.717) is 0 Å². The molecule has 1 heterocycles. The molecule has 0 radical (unpaired) electrons. The average Bonchev–Trinajstić information content (AvgIpc) is 1.91. The molecule has 10 heavy (non-hydrogen) atoms. The largest absolute Gasteiger partial charge is 0.379 e. The second-order valence-corrected chi connectivity index (χ2v) is 1.85. The van der Waals surface area contributed by atoms with Crippen LogP contribution in [0.3, 0.4) is 0 Å². The quantitative estimate of drug-likeness (QED) is 0.444. The Labute approximate surface area is 62.7 Å². The summed E-state index contributed by atoms with van der Waals surface area (Å²) in [6, 6.07) is 0. The maximum Gasteiger partial charge on any atom is 0.335 e. The van der Waals surface area contributed by atoms with Crippen molar-refractivity contribution in [3.05, 3.63) is 0 Å². The first-order chi connectivity index (χ1) is 4.81. The Bertz CT molecular complexity index is 109. The Kier molecular flexibility index (Phi) is 6.61. The smallest absolute Gasteiger partial charge is 0.335 e. The highest BCUT2D eigenvalue weighted by Gasteiger charge is 2.02. The third-order valence-corrected chi connectivity index (χ3v) is 1.05. The van der Waals surface area contributed by atoms with E-state index >= 15 is 0 Å². The van der Waals surface area contributed by atoms with Gasteiger partial charge in [-0.15, -0.1) is 0 Å². The molecule has 0 aliphatic carbocycles. The summed E-state index contributed by atoms with van der Waals surface area (Å²) in [4.78, 5) is 0. The van der Waals surface area contributed by atoms with Crippen molar-refractivity contribution in [1.82, 2.24) is 5.01 Å². The molecule has 0 atom stereocenters. The Balaban J connectivity index is 0.000000236. The third-order valence-electron chi connectivity index (χ3n) is 1.05. The summed E-state index contributed by atoms with van der Waals surface area (Å²) in [5.41, 5.74) is 0. The zero-order chi connectivity index (χ0) is 7.82. The van der Waals surface area contributed by atoms with Gasteiger partial charge >= 0.3 is 11.6 Å². The topological polar surface area (TPSA) is 72.6 Å². The van der Waals surface area contributed by atoms with Crippen molar-refractivity contribution < 1.29 is 13.2 Å². The highest BCUT2D eigenvalue weighted by Crippen LogP contribution is 1.86. The number of nitrogens with two attached hydrogens (primary N) is 1. The maximum atomic E-state index is 8.29. The molecule has 0 aromatic heterocycles. The highest BCUT2D eigenvalue weighted by molar-refractivity contribution is 7.51. The molecule has 6 heteroatoms. The summed E-state index contributed by atoms with van der Waals surface area (Å²) in [6.07, 6.45) is 0. The van der Waals surface area contributed by atoms with E-state index in [1.807, 2.05) is 0 Å². The molecule has 0 saturated carbocycles. The monoisotopic (exact) mass is 166 g/mol. The van der Waals surface area contributed by atoms with Gasteiger partial charge in [0, 0.05) is 13.1 Å². The highest BCUT2D eigenvalue weighted by atomic mass is 32.1. The van der Waals surface area contributed by atoms with Gasteiger partial charge in [0.05, 0.1) is 13.2 Å². The van der Waals surface area contributed by atoms with Crippen LogP contribution in [-0.2, 0) is 16.3 Å². The van der Waals surface area contributed by atoms with Gasteiger partial charge in [0.2, 0.25) is 0 Å². The maximum absolute atomic E-state index is 8.29. The number of nitrogens with zero attached hydrogens (tertiary/aromatic N) is 1. The minimum absolute atomic E-state index is 0.750. The van der Waals surface area contributed by atoms with Crippen LogP contribution in [0.2, 0.25) is 0 Å². The molecule has 60 valence electrons. The Morgan fingerprint density at radius 2 is 1.70 bits per heavy atom. The predicted molar refractivity (Wildman–Crippen MR) is 35.5 cm³/mol. The van der Waals surface area contributed by atoms with Crippen molar-refractivity contribution in [3.63, 3.8) is 0 Å². The van der Waals surface area contributed by atoms with Crippen molar-refractivity contribution in [3.8, 4) is 0 Å². The zero-order valence-electron chi connectivity index (χ0n) is 5.49. The first kappa shape index (κ1) is 9.70. The van der Waals surface area contributed by atoms with Gasteiger partial charge in [0.25, 0.3) is 0 Å². The second-order valence-electron chi connectivity index (χ2n) is 1.72.